The summed E-state index contributed by atoms with van der Waals surface area (Å²) >= 11 is 0. The number of hydrogen-bond donors (Lipinski definition) is 3. The molecule has 19 heavy (non-hydrogen) atoms. The van der Waals surface area contributed by atoms with E-state index in [4.69, 9.17) is 5.84 Å². The Labute approximate surface area is 115 Å². The predicted molar refractivity (Wildman–Crippen MR) is 76.4 cm³/mol. The average Bonchev–Trinajstić information content (AvgIpc) is 2.75. The van der Waals surface area contributed by atoms with Crippen molar-refractivity contribution in [2.75, 3.05) is 18.1 Å². The van der Waals surface area contributed by atoms with Crippen LogP contribution in [0.3, 0.4) is 0 Å². The first-order chi connectivity index (χ1) is 9.09. The third-order valence-corrected chi connectivity index (χ3v) is 5.75. The minimum atomic E-state index is -2.82. The monoisotopic (exact) mass is 288 g/mol. The fourth-order valence-electron chi connectivity index (χ4n) is 2.81. The van der Waals surface area contributed by atoms with Crippen molar-refractivity contribution in [3.8, 4) is 0 Å². The molecule has 1 saturated heterocycles. The summed E-state index contributed by atoms with van der Waals surface area (Å²) in [5, 5.41) is 3.31. The minimum absolute atomic E-state index is 0.140. The first-order valence-electron chi connectivity index (χ1n) is 7.07. The predicted octanol–water partition coefficient (Wildman–Crippen LogP) is 0.163. The van der Waals surface area contributed by atoms with Crippen LogP contribution in [-0.2, 0) is 9.84 Å². The van der Waals surface area contributed by atoms with Gasteiger partial charge in [0.15, 0.2) is 9.84 Å². The molecule has 0 aromatic rings. The average molecular weight is 288 g/mol. The minimum Gasteiger partial charge on any atom is -0.353 e. The number of guanidine groups is 1. The van der Waals surface area contributed by atoms with Gasteiger partial charge in [-0.3, -0.25) is 10.4 Å². The van der Waals surface area contributed by atoms with Crippen molar-refractivity contribution in [1.29, 1.82) is 0 Å². The summed E-state index contributed by atoms with van der Waals surface area (Å²) in [4.78, 5) is 4.39. The van der Waals surface area contributed by atoms with E-state index in [0.717, 1.165) is 12.8 Å². The highest BCUT2D eigenvalue weighted by Gasteiger charge is 2.27. The molecule has 1 unspecified atom stereocenters. The van der Waals surface area contributed by atoms with Gasteiger partial charge in [-0.15, -0.1) is 0 Å². The molecule has 0 amide bonds. The zero-order valence-corrected chi connectivity index (χ0v) is 12.1. The standard InChI is InChI=1S/C12H24N4O2S/c13-16-12(15-11-4-2-1-3-5-11)14-8-10-6-7-19(17,18)9-10/h10-11H,1-9,13H2,(H2,14,15,16). The maximum atomic E-state index is 11.4. The summed E-state index contributed by atoms with van der Waals surface area (Å²) in [5.41, 5.74) is 2.58. The van der Waals surface area contributed by atoms with E-state index >= 15 is 0 Å². The molecule has 2 fully saturated rings. The zero-order chi connectivity index (χ0) is 13.7. The lowest BCUT2D eigenvalue weighted by Crippen LogP contribution is -2.47. The van der Waals surface area contributed by atoms with Crippen molar-refractivity contribution in [2.24, 2.45) is 16.8 Å². The second kappa shape index (κ2) is 6.56. The van der Waals surface area contributed by atoms with E-state index in [1.165, 1.54) is 19.3 Å². The molecule has 2 rings (SSSR count). The number of hydrogen-bond acceptors (Lipinski definition) is 4. The lowest BCUT2D eigenvalue weighted by Gasteiger charge is -2.24. The van der Waals surface area contributed by atoms with Crippen LogP contribution in [0.1, 0.15) is 38.5 Å². The van der Waals surface area contributed by atoms with Gasteiger partial charge in [0, 0.05) is 12.6 Å². The van der Waals surface area contributed by atoms with Crippen LogP contribution >= 0.6 is 0 Å². The van der Waals surface area contributed by atoms with Crippen molar-refractivity contribution in [3.63, 3.8) is 0 Å². The van der Waals surface area contributed by atoms with Crippen molar-refractivity contribution in [3.05, 3.63) is 0 Å². The summed E-state index contributed by atoms with van der Waals surface area (Å²) in [6.45, 7) is 0.526. The molecule has 0 radical (unpaired) electrons. The van der Waals surface area contributed by atoms with Crippen LogP contribution in [0.2, 0.25) is 0 Å². The summed E-state index contributed by atoms with van der Waals surface area (Å²) in [5.74, 6) is 6.76. The number of aliphatic imine (C=N–C) groups is 1. The fraction of sp³-hybridized carbons (Fsp3) is 0.917. The van der Waals surface area contributed by atoms with Crippen molar-refractivity contribution < 1.29 is 8.42 Å². The molecule has 1 heterocycles. The van der Waals surface area contributed by atoms with Crippen LogP contribution < -0.4 is 16.6 Å². The highest BCUT2D eigenvalue weighted by Crippen LogP contribution is 2.19. The van der Waals surface area contributed by atoms with Gasteiger partial charge in [-0.05, 0) is 25.2 Å². The molecule has 1 aliphatic carbocycles. The Kier molecular flexibility index (Phi) is 5.04. The molecule has 110 valence electrons. The highest BCUT2D eigenvalue weighted by molar-refractivity contribution is 7.91. The molecule has 0 aromatic heterocycles. The Hall–Kier alpha value is -0.820. The third-order valence-electron chi connectivity index (χ3n) is 3.92. The van der Waals surface area contributed by atoms with Crippen molar-refractivity contribution in [1.82, 2.24) is 10.7 Å². The SMILES string of the molecule is NNC(=NCC1CCS(=O)(=O)C1)NC1CCCCC1. The summed E-state index contributed by atoms with van der Waals surface area (Å²) < 4.78 is 22.7. The van der Waals surface area contributed by atoms with Gasteiger partial charge in [-0.25, -0.2) is 14.3 Å². The second-order valence-electron chi connectivity index (χ2n) is 5.58. The summed E-state index contributed by atoms with van der Waals surface area (Å²) in [6, 6.07) is 0.441. The third kappa shape index (κ3) is 4.65. The molecule has 7 heteroatoms. The van der Waals surface area contributed by atoms with Gasteiger partial charge in [0.25, 0.3) is 0 Å². The Morgan fingerprint density at radius 2 is 1.95 bits per heavy atom. The van der Waals surface area contributed by atoms with E-state index in [0.29, 0.717) is 30.7 Å². The van der Waals surface area contributed by atoms with E-state index in [-0.39, 0.29) is 11.7 Å². The molecule has 1 saturated carbocycles. The van der Waals surface area contributed by atoms with Crippen LogP contribution in [0, 0.1) is 5.92 Å². The number of sulfone groups is 1. The van der Waals surface area contributed by atoms with Crippen LogP contribution in [-0.4, -0.2) is 38.5 Å². The maximum absolute atomic E-state index is 11.4. The molecule has 2 aliphatic rings. The van der Waals surface area contributed by atoms with Gasteiger partial charge in [0.05, 0.1) is 11.5 Å². The Balaban J connectivity index is 1.81. The number of nitrogens with two attached hydrogens (primary N) is 1. The van der Waals surface area contributed by atoms with Gasteiger partial charge in [-0.2, -0.15) is 0 Å². The largest absolute Gasteiger partial charge is 0.353 e. The van der Waals surface area contributed by atoms with E-state index in [9.17, 15) is 8.42 Å². The van der Waals surface area contributed by atoms with E-state index in [1.54, 1.807) is 0 Å². The van der Waals surface area contributed by atoms with Crippen LogP contribution in [0.25, 0.3) is 0 Å². The molecule has 1 aliphatic heterocycles. The quantitative estimate of drug-likeness (QED) is 0.297. The lowest BCUT2D eigenvalue weighted by molar-refractivity contribution is 0.409. The molecule has 0 bridgehead atoms. The van der Waals surface area contributed by atoms with E-state index in [1.807, 2.05) is 0 Å². The molecule has 6 nitrogen and oxygen atoms in total. The summed E-state index contributed by atoms with van der Waals surface area (Å²) in [6.07, 6.45) is 6.82. The van der Waals surface area contributed by atoms with E-state index in [2.05, 4.69) is 15.7 Å². The maximum Gasteiger partial charge on any atom is 0.205 e. The van der Waals surface area contributed by atoms with Crippen molar-refractivity contribution in [2.45, 2.75) is 44.6 Å². The smallest absolute Gasteiger partial charge is 0.205 e. The van der Waals surface area contributed by atoms with Gasteiger partial charge in [-0.1, -0.05) is 19.3 Å². The van der Waals surface area contributed by atoms with Crippen LogP contribution in [0.15, 0.2) is 4.99 Å². The summed E-state index contributed by atoms with van der Waals surface area (Å²) in [7, 11) is -2.82. The molecule has 0 spiro atoms. The molecule has 0 aromatic carbocycles. The van der Waals surface area contributed by atoms with Crippen LogP contribution in [0.4, 0.5) is 0 Å². The normalized spacial score (nSPS) is 28.3. The Morgan fingerprint density at radius 1 is 1.21 bits per heavy atom. The van der Waals surface area contributed by atoms with Crippen molar-refractivity contribution >= 4 is 15.8 Å². The molecule has 1 atom stereocenters. The first kappa shape index (κ1) is 14.6. The first-order valence-corrected chi connectivity index (χ1v) is 8.89. The number of hydrazine groups is 1. The number of nitrogens with one attached hydrogen (secondary N) is 2. The fourth-order valence-corrected chi connectivity index (χ4v) is 4.66. The van der Waals surface area contributed by atoms with Gasteiger partial charge >= 0.3 is 0 Å². The zero-order valence-electron chi connectivity index (χ0n) is 11.3. The molecular formula is C12H24N4O2S. The highest BCUT2D eigenvalue weighted by atomic mass is 32.2. The number of rotatable bonds is 3. The van der Waals surface area contributed by atoms with Gasteiger partial charge < -0.3 is 5.32 Å². The van der Waals surface area contributed by atoms with Gasteiger partial charge in [0.1, 0.15) is 0 Å². The topological polar surface area (TPSA) is 96.6 Å². The number of nitrogens with zero attached hydrogens (tertiary/aromatic N) is 1. The Morgan fingerprint density at radius 3 is 2.53 bits per heavy atom. The second-order valence-corrected chi connectivity index (χ2v) is 7.81. The Bertz CT molecular complexity index is 415. The molecular weight excluding hydrogens is 264 g/mol. The van der Waals surface area contributed by atoms with Crippen LogP contribution in [0.5, 0.6) is 0 Å². The van der Waals surface area contributed by atoms with Gasteiger partial charge in [0.2, 0.25) is 5.96 Å². The van der Waals surface area contributed by atoms with E-state index < -0.39 is 9.84 Å². The lowest BCUT2D eigenvalue weighted by atomic mass is 9.96. The molecule has 4 N–H and O–H groups in total.